The lowest BCUT2D eigenvalue weighted by Gasteiger charge is -2.41. The van der Waals surface area contributed by atoms with Crippen LogP contribution in [0.3, 0.4) is 0 Å². The zero-order chi connectivity index (χ0) is 22.8. The van der Waals surface area contributed by atoms with E-state index in [1.54, 1.807) is 4.90 Å². The molecule has 0 radical (unpaired) electrons. The molecule has 32 heavy (non-hydrogen) atoms. The number of alkyl carbamates (subject to hydrolysis) is 1. The van der Waals surface area contributed by atoms with Crippen molar-refractivity contribution in [1.29, 1.82) is 0 Å². The molecule has 2 aromatic carbocycles. The maximum Gasteiger partial charge on any atom is 0.407 e. The molecule has 2 N–H and O–H groups in total. The van der Waals surface area contributed by atoms with Gasteiger partial charge in [-0.3, -0.25) is 9.59 Å². The quantitative estimate of drug-likeness (QED) is 0.693. The van der Waals surface area contributed by atoms with Crippen LogP contribution in [0.15, 0.2) is 48.5 Å². The predicted octanol–water partition coefficient (Wildman–Crippen LogP) is 3.48. The van der Waals surface area contributed by atoms with Gasteiger partial charge in [-0.25, -0.2) is 4.79 Å². The monoisotopic (exact) mass is 436 g/mol. The lowest BCUT2D eigenvalue weighted by atomic mass is 9.93. The first-order valence-electron chi connectivity index (χ1n) is 11.0. The Bertz CT molecular complexity index is 983. The third kappa shape index (κ3) is 4.33. The third-order valence-electron chi connectivity index (χ3n) is 6.28. The summed E-state index contributed by atoms with van der Waals surface area (Å²) in [7, 11) is 0. The Morgan fingerprint density at radius 1 is 1.03 bits per heavy atom. The largest absolute Gasteiger partial charge is 0.481 e. The number of hydrogen-bond donors (Lipinski definition) is 2. The topological polar surface area (TPSA) is 95.9 Å². The highest BCUT2D eigenvalue weighted by Gasteiger charge is 2.37. The number of aliphatic carboxylic acids is 1. The molecular formula is C25H28N2O5. The number of amides is 2. The van der Waals surface area contributed by atoms with Gasteiger partial charge < -0.3 is 20.1 Å². The lowest BCUT2D eigenvalue weighted by Crippen LogP contribution is -2.58. The molecule has 4 rings (SSSR count). The normalized spacial score (nSPS) is 16.2. The molecule has 0 aromatic heterocycles. The Labute approximate surface area is 187 Å². The number of carboxylic acids is 1. The number of carboxylic acid groups (broad SMARTS) is 1. The summed E-state index contributed by atoms with van der Waals surface area (Å²) >= 11 is 0. The smallest absolute Gasteiger partial charge is 0.407 e. The number of benzene rings is 2. The van der Waals surface area contributed by atoms with Gasteiger partial charge in [-0.05, 0) is 28.2 Å². The minimum Gasteiger partial charge on any atom is -0.481 e. The summed E-state index contributed by atoms with van der Waals surface area (Å²) in [4.78, 5) is 37.9. The van der Waals surface area contributed by atoms with E-state index in [0.29, 0.717) is 13.1 Å². The molecule has 1 aliphatic heterocycles. The number of likely N-dealkylation sites (tertiary alicyclic amines) is 1. The molecule has 7 heteroatoms. The van der Waals surface area contributed by atoms with Gasteiger partial charge in [-0.1, -0.05) is 62.4 Å². The van der Waals surface area contributed by atoms with Crippen molar-refractivity contribution < 1.29 is 24.2 Å². The highest BCUT2D eigenvalue weighted by atomic mass is 16.5. The summed E-state index contributed by atoms with van der Waals surface area (Å²) in [6.07, 6.45) is -0.572. The second kappa shape index (κ2) is 9.02. The molecule has 2 aromatic rings. The van der Waals surface area contributed by atoms with Crippen molar-refractivity contribution in [1.82, 2.24) is 10.2 Å². The highest BCUT2D eigenvalue weighted by molar-refractivity contribution is 5.87. The number of carbonyl (C=O) groups excluding carboxylic acids is 2. The molecule has 0 unspecified atom stereocenters. The average Bonchev–Trinajstić information content (AvgIpc) is 3.06. The first kappa shape index (κ1) is 21.9. The molecule has 1 fully saturated rings. The number of ether oxygens (including phenoxy) is 1. The first-order chi connectivity index (χ1) is 15.3. The van der Waals surface area contributed by atoms with Gasteiger partial charge in [-0.15, -0.1) is 0 Å². The molecule has 1 aliphatic carbocycles. The van der Waals surface area contributed by atoms with Crippen LogP contribution in [0, 0.1) is 11.8 Å². The maximum atomic E-state index is 12.8. The van der Waals surface area contributed by atoms with E-state index in [4.69, 9.17) is 9.84 Å². The number of carbonyl (C=O) groups is 3. The van der Waals surface area contributed by atoms with Crippen molar-refractivity contribution in [3.8, 4) is 11.1 Å². The Hall–Kier alpha value is -3.35. The maximum absolute atomic E-state index is 12.8. The van der Waals surface area contributed by atoms with Crippen LogP contribution in [0.5, 0.6) is 0 Å². The Balaban J connectivity index is 1.37. The van der Waals surface area contributed by atoms with Crippen molar-refractivity contribution in [2.24, 2.45) is 11.8 Å². The molecule has 1 heterocycles. The van der Waals surface area contributed by atoms with Crippen LogP contribution >= 0.6 is 0 Å². The summed E-state index contributed by atoms with van der Waals surface area (Å²) in [6.45, 7) is 4.71. The van der Waals surface area contributed by atoms with Crippen LogP contribution < -0.4 is 5.32 Å². The van der Waals surface area contributed by atoms with E-state index in [-0.39, 0.29) is 36.7 Å². The van der Waals surface area contributed by atoms with Crippen molar-refractivity contribution in [3.05, 3.63) is 59.7 Å². The number of fused-ring (bicyclic) bond motifs is 3. The van der Waals surface area contributed by atoms with Crippen molar-refractivity contribution >= 4 is 18.0 Å². The summed E-state index contributed by atoms with van der Waals surface area (Å²) in [5.74, 6) is -1.26. The van der Waals surface area contributed by atoms with E-state index in [9.17, 15) is 14.4 Å². The average molecular weight is 437 g/mol. The summed E-state index contributed by atoms with van der Waals surface area (Å²) in [5.41, 5.74) is 4.56. The highest BCUT2D eigenvalue weighted by Crippen LogP contribution is 2.44. The molecule has 0 spiro atoms. The van der Waals surface area contributed by atoms with Gasteiger partial charge in [-0.2, -0.15) is 0 Å². The van der Waals surface area contributed by atoms with Crippen molar-refractivity contribution in [3.63, 3.8) is 0 Å². The van der Waals surface area contributed by atoms with E-state index in [1.807, 2.05) is 38.1 Å². The summed E-state index contributed by atoms with van der Waals surface area (Å²) in [5, 5.41) is 11.6. The van der Waals surface area contributed by atoms with Gasteiger partial charge in [0.15, 0.2) is 0 Å². The van der Waals surface area contributed by atoms with E-state index in [2.05, 4.69) is 29.6 Å². The Morgan fingerprint density at radius 3 is 2.12 bits per heavy atom. The minimum absolute atomic E-state index is 0.0290. The van der Waals surface area contributed by atoms with Gasteiger partial charge in [0, 0.05) is 24.9 Å². The van der Waals surface area contributed by atoms with Crippen LogP contribution in [-0.2, 0) is 14.3 Å². The SMILES string of the molecule is CC(C)[C@@H](NC(=O)OCC1c2ccccc2-c2ccccc21)C(=O)N1CC(CC(=O)O)C1. The molecule has 0 bridgehead atoms. The minimum atomic E-state index is -0.862. The van der Waals surface area contributed by atoms with Crippen molar-refractivity contribution in [2.75, 3.05) is 19.7 Å². The first-order valence-corrected chi connectivity index (χ1v) is 11.0. The van der Waals surface area contributed by atoms with Gasteiger partial charge in [0.1, 0.15) is 12.6 Å². The summed E-state index contributed by atoms with van der Waals surface area (Å²) < 4.78 is 5.58. The van der Waals surface area contributed by atoms with Gasteiger partial charge >= 0.3 is 12.1 Å². The Morgan fingerprint density at radius 2 is 1.59 bits per heavy atom. The fourth-order valence-electron chi connectivity index (χ4n) is 4.60. The van der Waals surface area contributed by atoms with E-state index < -0.39 is 18.1 Å². The molecule has 168 valence electrons. The number of hydrogen-bond acceptors (Lipinski definition) is 4. The second-order valence-corrected chi connectivity index (χ2v) is 8.90. The number of nitrogens with one attached hydrogen (secondary N) is 1. The van der Waals surface area contributed by atoms with E-state index in [0.717, 1.165) is 22.3 Å². The Kier molecular flexibility index (Phi) is 6.17. The number of rotatable bonds is 7. The van der Waals surface area contributed by atoms with Crippen LogP contribution in [0.25, 0.3) is 11.1 Å². The molecular weight excluding hydrogens is 408 g/mol. The standard InChI is InChI=1S/C25H28N2O5/c1-15(2)23(24(30)27-12-16(13-27)11-22(28)29)26-25(31)32-14-21-19-9-5-3-7-17(19)18-8-4-6-10-20(18)21/h3-10,15-16,21,23H,11-14H2,1-2H3,(H,26,31)(H,28,29)/t23-/m1/s1. The predicted molar refractivity (Wildman–Crippen MR) is 119 cm³/mol. The fraction of sp³-hybridized carbons (Fsp3) is 0.400. The molecule has 7 nitrogen and oxygen atoms in total. The van der Waals surface area contributed by atoms with Crippen molar-refractivity contribution in [2.45, 2.75) is 32.2 Å². The van der Waals surface area contributed by atoms with E-state index >= 15 is 0 Å². The van der Waals surface area contributed by atoms with Gasteiger partial charge in [0.05, 0.1) is 6.42 Å². The third-order valence-corrected chi connectivity index (χ3v) is 6.28. The zero-order valence-corrected chi connectivity index (χ0v) is 18.3. The zero-order valence-electron chi connectivity index (χ0n) is 18.3. The van der Waals surface area contributed by atoms with Crippen LogP contribution in [0.2, 0.25) is 0 Å². The molecule has 2 aliphatic rings. The molecule has 0 saturated carbocycles. The molecule has 1 atom stereocenters. The van der Waals surface area contributed by atoms with E-state index in [1.165, 1.54) is 0 Å². The van der Waals surface area contributed by atoms with Gasteiger partial charge in [0.2, 0.25) is 5.91 Å². The van der Waals surface area contributed by atoms with Crippen LogP contribution in [0.4, 0.5) is 4.79 Å². The summed E-state index contributed by atoms with van der Waals surface area (Å²) in [6, 6.07) is 15.5. The molecule has 2 amide bonds. The lowest BCUT2D eigenvalue weighted by molar-refractivity contribution is -0.146. The van der Waals surface area contributed by atoms with Crippen LogP contribution in [-0.4, -0.2) is 53.7 Å². The number of nitrogens with zero attached hydrogens (tertiary/aromatic N) is 1. The molecule has 1 saturated heterocycles. The fourth-order valence-corrected chi connectivity index (χ4v) is 4.60. The second-order valence-electron chi connectivity index (χ2n) is 8.90. The van der Waals surface area contributed by atoms with Gasteiger partial charge in [0.25, 0.3) is 0 Å². The van der Waals surface area contributed by atoms with Crippen LogP contribution in [0.1, 0.15) is 37.3 Å².